The second-order valence-electron chi connectivity index (χ2n) is 9.49. The maximum Gasteiger partial charge on any atom is 0.405 e. The average Bonchev–Trinajstić information content (AvgIpc) is 2.65. The number of hydrogen-bond acceptors (Lipinski definition) is 10. The molecule has 0 saturated carbocycles. The Balaban J connectivity index is 4.49. The maximum atomic E-state index is 12.1. The van der Waals surface area contributed by atoms with Crippen LogP contribution in [0.3, 0.4) is 0 Å². The topological polar surface area (TPSA) is 72.0 Å². The van der Waals surface area contributed by atoms with Crippen LogP contribution in [0.1, 0.15) is 25.7 Å². The first-order valence-corrected chi connectivity index (χ1v) is 14.8. The minimum absolute atomic E-state index is 0.141. The van der Waals surface area contributed by atoms with Crippen LogP contribution in [0.5, 0.6) is 0 Å². The highest BCUT2D eigenvalue weighted by Gasteiger charge is 2.37. The molecule has 0 saturated heterocycles. The summed E-state index contributed by atoms with van der Waals surface area (Å²) in [4.78, 5) is 13.1. The minimum Gasteiger partial charge on any atom is -0.279 e. The van der Waals surface area contributed by atoms with E-state index in [4.69, 9.17) is 7.94 Å². The van der Waals surface area contributed by atoms with Gasteiger partial charge in [-0.25, -0.2) is 7.94 Å². The third-order valence-electron chi connectivity index (χ3n) is 6.20. The van der Waals surface area contributed by atoms with Gasteiger partial charge in [-0.15, -0.1) is 0 Å². The molecule has 0 N–H and O–H groups in total. The van der Waals surface area contributed by atoms with Crippen molar-refractivity contribution < 1.29 is 16.4 Å². The van der Waals surface area contributed by atoms with Crippen LogP contribution in [0.25, 0.3) is 0 Å². The van der Waals surface area contributed by atoms with E-state index in [1.807, 2.05) is 0 Å². The standard InChI is InChI=1S/C20H50N6O4P2S/c1-21(2)19(22(3)4,23(5)6)15-13-17-31-29-33(27,28)30-32-18-14-16-20(24(7)8,25(9)10)26(11)12/h31-32H,13-18H2,1-12H3. The fourth-order valence-corrected chi connectivity index (χ4v) is 7.69. The molecule has 2 unspecified atom stereocenters. The van der Waals surface area contributed by atoms with Crippen molar-refractivity contribution in [2.75, 3.05) is 96.9 Å². The summed E-state index contributed by atoms with van der Waals surface area (Å²) in [6.45, 7) is 0. The van der Waals surface area contributed by atoms with Crippen molar-refractivity contribution in [3.8, 4) is 0 Å². The number of hydrogen-bond donors (Lipinski definition) is 0. The quantitative estimate of drug-likeness (QED) is 0.148. The average molecular weight is 533 g/mol. The molecule has 0 spiro atoms. The van der Waals surface area contributed by atoms with E-state index in [1.165, 1.54) is 0 Å². The van der Waals surface area contributed by atoms with Crippen LogP contribution >= 0.6 is 17.6 Å². The summed E-state index contributed by atoms with van der Waals surface area (Å²) < 4.78 is 34.5. The molecule has 2 atom stereocenters. The third-order valence-corrected chi connectivity index (χ3v) is 9.89. The van der Waals surface area contributed by atoms with Crippen LogP contribution in [0.15, 0.2) is 0 Å². The Morgan fingerprint density at radius 2 is 0.788 bits per heavy atom. The Labute approximate surface area is 208 Å². The normalized spacial score (nSPS) is 14.8. The van der Waals surface area contributed by atoms with Gasteiger partial charge in [0, 0.05) is 17.6 Å². The smallest absolute Gasteiger partial charge is 0.279 e. The lowest BCUT2D eigenvalue weighted by molar-refractivity contribution is -0.114. The second kappa shape index (κ2) is 14.9. The third kappa shape index (κ3) is 9.47. The molecule has 10 nitrogen and oxygen atoms in total. The molecule has 0 aliphatic heterocycles. The summed E-state index contributed by atoms with van der Waals surface area (Å²) in [6.07, 6.45) is 4.74. The molecule has 0 aromatic heterocycles. The van der Waals surface area contributed by atoms with Gasteiger partial charge in [0.15, 0.2) is 0 Å². The molecule has 200 valence electrons. The highest BCUT2D eigenvalue weighted by Crippen LogP contribution is 2.30. The van der Waals surface area contributed by atoms with Crippen molar-refractivity contribution in [1.82, 2.24) is 29.4 Å². The highest BCUT2D eigenvalue weighted by molar-refractivity contribution is 7.87. The zero-order valence-corrected chi connectivity index (χ0v) is 25.8. The Morgan fingerprint density at radius 1 is 0.545 bits per heavy atom. The zero-order valence-electron chi connectivity index (χ0n) is 23.0. The molecule has 0 bridgehead atoms. The summed E-state index contributed by atoms with van der Waals surface area (Å²) in [5, 5.41) is 0. The van der Waals surface area contributed by atoms with Gasteiger partial charge < -0.3 is 0 Å². The molecule has 0 amide bonds. The Hall–Kier alpha value is 0.490. The van der Waals surface area contributed by atoms with E-state index in [2.05, 4.69) is 114 Å². The van der Waals surface area contributed by atoms with E-state index in [1.54, 1.807) is 0 Å². The van der Waals surface area contributed by atoms with Crippen molar-refractivity contribution in [3.05, 3.63) is 0 Å². The van der Waals surface area contributed by atoms with E-state index < -0.39 is 10.4 Å². The molecule has 0 aromatic rings. The molecular weight excluding hydrogens is 482 g/mol. The van der Waals surface area contributed by atoms with Gasteiger partial charge in [0.05, 0.1) is 0 Å². The largest absolute Gasteiger partial charge is 0.405 e. The molecule has 0 aromatic carbocycles. The lowest BCUT2D eigenvalue weighted by Gasteiger charge is -2.50. The van der Waals surface area contributed by atoms with Crippen LogP contribution in [0.4, 0.5) is 0 Å². The fourth-order valence-electron chi connectivity index (χ4n) is 4.78. The van der Waals surface area contributed by atoms with Crippen molar-refractivity contribution >= 4 is 28.0 Å². The number of rotatable bonds is 18. The zero-order chi connectivity index (χ0) is 26.0. The van der Waals surface area contributed by atoms with Gasteiger partial charge in [-0.2, -0.15) is 8.42 Å². The molecule has 0 rings (SSSR count). The van der Waals surface area contributed by atoms with Crippen LogP contribution < -0.4 is 0 Å². The molecule has 0 fully saturated rings. The van der Waals surface area contributed by atoms with Gasteiger partial charge in [-0.3, -0.25) is 29.4 Å². The van der Waals surface area contributed by atoms with Gasteiger partial charge in [0.2, 0.25) is 0 Å². The molecule has 33 heavy (non-hydrogen) atoms. The van der Waals surface area contributed by atoms with E-state index in [-0.39, 0.29) is 29.2 Å². The Morgan fingerprint density at radius 3 is 1.00 bits per heavy atom. The van der Waals surface area contributed by atoms with E-state index in [0.717, 1.165) is 25.7 Å². The predicted molar refractivity (Wildman–Crippen MR) is 144 cm³/mol. The minimum atomic E-state index is -3.95. The molecule has 0 aliphatic rings. The summed E-state index contributed by atoms with van der Waals surface area (Å²) in [5.41, 5.74) is 0. The lowest BCUT2D eigenvalue weighted by atomic mass is 10.1. The SMILES string of the molecule is CN(C)C(CCCPOS(=O)(=O)OPCCCC(N(C)C)(N(C)C)N(C)C)(N(C)C)N(C)C. The van der Waals surface area contributed by atoms with Gasteiger partial charge in [0.25, 0.3) is 0 Å². The molecule has 0 radical (unpaired) electrons. The second-order valence-corrected chi connectivity index (χ2v) is 13.2. The first-order chi connectivity index (χ1) is 15.1. The number of nitrogens with zero attached hydrogens (tertiary/aromatic N) is 6. The monoisotopic (exact) mass is 532 g/mol. The molecular formula is C20H50N6O4P2S. The first kappa shape index (κ1) is 33.5. The summed E-state index contributed by atoms with van der Waals surface area (Å²) >= 11 is 0. The molecule has 0 heterocycles. The molecule has 13 heteroatoms. The summed E-state index contributed by atoms with van der Waals surface area (Å²) in [6, 6.07) is 0. The van der Waals surface area contributed by atoms with Crippen LogP contribution in [-0.2, 0) is 18.3 Å². The van der Waals surface area contributed by atoms with E-state index in [9.17, 15) is 8.42 Å². The summed E-state index contributed by atoms with van der Waals surface area (Å²) in [5.74, 6) is -0.468. The highest BCUT2D eigenvalue weighted by atomic mass is 32.3. The maximum absolute atomic E-state index is 12.1. The predicted octanol–water partition coefficient (Wildman–Crippen LogP) is 1.69. The first-order valence-electron chi connectivity index (χ1n) is 11.2. The van der Waals surface area contributed by atoms with Gasteiger partial charge in [-0.05, 0) is 123 Å². The lowest BCUT2D eigenvalue weighted by Crippen LogP contribution is -2.64. The Bertz CT molecular complexity index is 557. The van der Waals surface area contributed by atoms with Gasteiger partial charge >= 0.3 is 10.4 Å². The van der Waals surface area contributed by atoms with Crippen LogP contribution in [0.2, 0.25) is 0 Å². The van der Waals surface area contributed by atoms with Crippen molar-refractivity contribution in [2.24, 2.45) is 0 Å². The van der Waals surface area contributed by atoms with Crippen molar-refractivity contribution in [3.63, 3.8) is 0 Å². The van der Waals surface area contributed by atoms with Gasteiger partial charge in [-0.1, -0.05) is 0 Å². The van der Waals surface area contributed by atoms with Gasteiger partial charge in [0.1, 0.15) is 11.6 Å². The van der Waals surface area contributed by atoms with Crippen molar-refractivity contribution in [1.29, 1.82) is 0 Å². The Kier molecular flexibility index (Phi) is 15.1. The van der Waals surface area contributed by atoms with Crippen molar-refractivity contribution in [2.45, 2.75) is 37.3 Å². The fraction of sp³-hybridized carbons (Fsp3) is 1.00. The van der Waals surface area contributed by atoms with E-state index in [0.29, 0.717) is 12.3 Å². The van der Waals surface area contributed by atoms with E-state index >= 15 is 0 Å². The van der Waals surface area contributed by atoms with Crippen LogP contribution in [-0.4, -0.2) is 146 Å². The molecule has 0 aliphatic carbocycles. The summed E-state index contributed by atoms with van der Waals surface area (Å²) in [7, 11) is 20.4. The van der Waals surface area contributed by atoms with Crippen LogP contribution in [0, 0.1) is 0 Å².